The summed E-state index contributed by atoms with van der Waals surface area (Å²) in [6, 6.07) is 0. The predicted molar refractivity (Wildman–Crippen MR) is 70.6 cm³/mol. The van der Waals surface area contributed by atoms with E-state index in [0.29, 0.717) is 9.93 Å². The first-order valence-corrected chi connectivity index (χ1v) is 8.08. The highest BCUT2D eigenvalue weighted by Gasteiger charge is 2.28. The van der Waals surface area contributed by atoms with Gasteiger partial charge in [-0.15, -0.1) is 0 Å². The summed E-state index contributed by atoms with van der Waals surface area (Å²) in [5.41, 5.74) is 0. The average Bonchev–Trinajstić information content (AvgIpc) is 2.61. The number of rotatable bonds is 6. The fourth-order valence-corrected chi connectivity index (χ4v) is 4.28. The Bertz CT molecular complexity index is 422. The van der Waals surface area contributed by atoms with Gasteiger partial charge < -0.3 is 0 Å². The maximum Gasteiger partial charge on any atom is 0.218 e. The third-order valence-corrected chi connectivity index (χ3v) is 5.54. The van der Waals surface area contributed by atoms with Crippen molar-refractivity contribution in [3.8, 4) is 0 Å². The van der Waals surface area contributed by atoms with Crippen LogP contribution in [0.25, 0.3) is 0 Å². The van der Waals surface area contributed by atoms with Gasteiger partial charge in [-0.2, -0.15) is 2.86 Å². The lowest BCUT2D eigenvalue weighted by atomic mass is 9.97. The van der Waals surface area contributed by atoms with Gasteiger partial charge in [-0.1, -0.05) is 19.1 Å². The second kappa shape index (κ2) is 6.07. The van der Waals surface area contributed by atoms with Crippen molar-refractivity contribution in [1.29, 1.82) is 0 Å². The summed E-state index contributed by atoms with van der Waals surface area (Å²) in [4.78, 5) is 21.6. The average molecular weight is 341 g/mol. The zero-order valence-electron chi connectivity index (χ0n) is 8.86. The van der Waals surface area contributed by atoms with Crippen molar-refractivity contribution in [2.24, 2.45) is 5.92 Å². The van der Waals surface area contributed by atoms with Gasteiger partial charge in [-0.25, -0.2) is 0 Å². The van der Waals surface area contributed by atoms with Gasteiger partial charge >= 0.3 is 0 Å². The van der Waals surface area contributed by atoms with Crippen LogP contribution in [-0.2, 0) is 4.79 Å². The Morgan fingerprint density at radius 1 is 1.69 bits per heavy atom. The molecule has 1 atom stereocenters. The molecule has 0 spiro atoms. The molecule has 0 radical (unpaired) electrons. The number of nitrogens with zero attached hydrogens (tertiary/aromatic N) is 1. The van der Waals surface area contributed by atoms with Gasteiger partial charge in [0.25, 0.3) is 0 Å². The fraction of sp³-hybridized carbons (Fsp3) is 0.500. The van der Waals surface area contributed by atoms with E-state index in [1.54, 1.807) is 6.08 Å². The molecule has 0 bridgehead atoms. The normalized spacial score (nSPS) is 17.2. The van der Waals surface area contributed by atoms with Gasteiger partial charge in [-0.05, 0) is 10.4 Å². The lowest BCUT2D eigenvalue weighted by Gasteiger charge is -2.10. The number of nitro groups is 1. The largest absolute Gasteiger partial charge is 0.299 e. The molecule has 1 unspecified atom stereocenters. The van der Waals surface area contributed by atoms with Crippen LogP contribution in [0, 0.1) is 16.0 Å². The molecule has 0 aromatic rings. The molecule has 0 saturated heterocycles. The Labute approximate surface area is 99.8 Å². The Morgan fingerprint density at radius 2 is 2.38 bits per heavy atom. The number of carbonyl (C=O) groups excluding carboxylic acids is 1. The Hall–Kier alpha value is -0.790. The van der Waals surface area contributed by atoms with Crippen molar-refractivity contribution < 1.29 is 12.6 Å². The van der Waals surface area contributed by atoms with Gasteiger partial charge in [0.15, 0.2) is 0 Å². The van der Waals surface area contributed by atoms with Crippen LogP contribution in [0.5, 0.6) is 0 Å². The number of hydrogen-bond donors (Lipinski definition) is 0. The summed E-state index contributed by atoms with van der Waals surface area (Å²) in [7, 11) is 0. The summed E-state index contributed by atoms with van der Waals surface area (Å²) in [6.45, 7) is 1.35. The van der Waals surface area contributed by atoms with E-state index in [-0.39, 0.29) is 12.2 Å². The number of carbonyl (C=O) groups is 1. The fourth-order valence-electron chi connectivity index (χ4n) is 1.48. The minimum atomic E-state index is -2.88. The van der Waals surface area contributed by atoms with E-state index in [9.17, 15) is 17.8 Å². The smallest absolute Gasteiger partial charge is 0.218 e. The van der Waals surface area contributed by atoms with Gasteiger partial charge in [0.05, 0.1) is 0 Å². The number of hydrogen-bond acceptors (Lipinski definition) is 3. The summed E-state index contributed by atoms with van der Waals surface area (Å²) < 4.78 is 15.3. The molecule has 1 rings (SSSR count). The zero-order chi connectivity index (χ0) is 12.1. The van der Waals surface area contributed by atoms with Gasteiger partial charge in [0, 0.05) is 34.3 Å². The first-order chi connectivity index (χ1) is 7.56. The van der Waals surface area contributed by atoms with Crippen molar-refractivity contribution >= 4 is 32.7 Å². The maximum atomic E-state index is 13.5. The number of Topliss-reactive ketones (excluding diaryl/α,β-unsaturated/α-hetero) is 1. The molecule has 1 aliphatic rings. The molecule has 16 heavy (non-hydrogen) atoms. The number of halogens is 2. The van der Waals surface area contributed by atoms with E-state index in [2.05, 4.69) is 0 Å². The van der Waals surface area contributed by atoms with E-state index in [4.69, 9.17) is 0 Å². The highest BCUT2D eigenvalue weighted by Crippen LogP contribution is 2.25. The predicted octanol–water partition coefficient (Wildman–Crippen LogP) is 2.18. The van der Waals surface area contributed by atoms with Crippen molar-refractivity contribution in [3.63, 3.8) is 0 Å². The van der Waals surface area contributed by atoms with Crippen LogP contribution in [0.2, 0.25) is 0 Å². The summed E-state index contributed by atoms with van der Waals surface area (Å²) in [6.07, 6.45) is 4.01. The van der Waals surface area contributed by atoms with Crippen LogP contribution in [0.4, 0.5) is 2.86 Å². The van der Waals surface area contributed by atoms with Gasteiger partial charge in [0.1, 0.15) is 11.7 Å². The van der Waals surface area contributed by atoms with Gasteiger partial charge in [-0.3, -0.25) is 14.9 Å². The molecule has 0 aromatic heterocycles. The topological polar surface area (TPSA) is 60.2 Å². The first-order valence-electron chi connectivity index (χ1n) is 4.94. The number of allylic oxidation sites excluding steroid dienone is 2. The molecule has 6 heteroatoms. The highest BCUT2D eigenvalue weighted by molar-refractivity contribution is 14.2. The van der Waals surface area contributed by atoms with Crippen LogP contribution < -0.4 is 0 Å². The second-order valence-electron chi connectivity index (χ2n) is 3.42. The van der Waals surface area contributed by atoms with E-state index in [1.807, 2.05) is 6.92 Å². The molecule has 0 saturated carbocycles. The third kappa shape index (κ3) is 3.36. The molecule has 90 valence electrons. The first kappa shape index (κ1) is 13.3. The van der Waals surface area contributed by atoms with E-state index < -0.39 is 36.8 Å². The maximum absolute atomic E-state index is 13.5. The van der Waals surface area contributed by atoms with E-state index in [0.717, 1.165) is 0 Å². The number of ketones is 1. The van der Waals surface area contributed by atoms with E-state index >= 15 is 0 Å². The van der Waals surface area contributed by atoms with Crippen LogP contribution >= 0.6 is 19.4 Å². The Morgan fingerprint density at radius 3 is 2.81 bits per heavy atom. The molecular weight excluding hydrogens is 328 g/mol. The Balaban J connectivity index is 2.92. The monoisotopic (exact) mass is 341 g/mol. The third-order valence-electron chi connectivity index (χ3n) is 2.20. The minimum Gasteiger partial charge on any atom is -0.299 e. The van der Waals surface area contributed by atoms with Crippen LogP contribution in [0.1, 0.15) is 19.8 Å². The molecule has 0 N–H and O–H groups in total. The van der Waals surface area contributed by atoms with Crippen molar-refractivity contribution in [2.45, 2.75) is 19.8 Å². The van der Waals surface area contributed by atoms with Gasteiger partial charge in [0.2, 0.25) is 6.54 Å². The summed E-state index contributed by atoms with van der Waals surface area (Å²) in [5.74, 6) is -1.06. The Kier molecular flexibility index (Phi) is 5.04. The standard InChI is InChI=1S/C10H13FINO3/c1-2-4-10(14)8(7-13(15)16)9-5-3-6-12(9)11/h3,5-6,8H,2,4,7H2,1H3. The van der Waals surface area contributed by atoms with Crippen molar-refractivity contribution in [3.05, 3.63) is 22.3 Å². The van der Waals surface area contributed by atoms with Crippen LogP contribution in [0.15, 0.2) is 12.2 Å². The lowest BCUT2D eigenvalue weighted by Crippen LogP contribution is -2.28. The lowest BCUT2D eigenvalue weighted by molar-refractivity contribution is -0.482. The molecule has 0 amide bonds. The second-order valence-corrected chi connectivity index (χ2v) is 6.88. The molecule has 0 aliphatic carbocycles. The van der Waals surface area contributed by atoms with Crippen molar-refractivity contribution in [2.75, 3.05) is 6.54 Å². The quantitative estimate of drug-likeness (QED) is 0.423. The highest BCUT2D eigenvalue weighted by atomic mass is 127. The minimum absolute atomic E-state index is 0.214. The molecule has 4 nitrogen and oxygen atoms in total. The molecule has 1 aliphatic heterocycles. The van der Waals surface area contributed by atoms with Crippen molar-refractivity contribution in [1.82, 2.24) is 0 Å². The van der Waals surface area contributed by atoms with E-state index in [1.165, 1.54) is 10.1 Å². The molecule has 1 heterocycles. The summed E-state index contributed by atoms with van der Waals surface area (Å²) >= 11 is -2.88. The SMILES string of the molecule is CCCC(=O)C(C[N+](=O)[O-])C1=I(F)=CC=C1. The summed E-state index contributed by atoms with van der Waals surface area (Å²) in [5, 5.41) is 10.5. The molecule has 0 aromatic carbocycles. The molecule has 0 fully saturated rings. The zero-order valence-corrected chi connectivity index (χ0v) is 11.0. The van der Waals surface area contributed by atoms with Crippen LogP contribution in [-0.4, -0.2) is 24.8 Å². The molecular formula is C10H13FINO3. The van der Waals surface area contributed by atoms with Crippen LogP contribution in [0.3, 0.4) is 0 Å².